The minimum absolute atomic E-state index is 0.0917. The number of urea groups is 1. The summed E-state index contributed by atoms with van der Waals surface area (Å²) in [6.07, 6.45) is 0. The summed E-state index contributed by atoms with van der Waals surface area (Å²) in [6.45, 7) is 4.17. The summed E-state index contributed by atoms with van der Waals surface area (Å²) in [5, 5.41) is 0. The summed E-state index contributed by atoms with van der Waals surface area (Å²) in [4.78, 5) is 15.3. The Morgan fingerprint density at radius 1 is 1.24 bits per heavy atom. The van der Waals surface area contributed by atoms with Crippen LogP contribution < -0.4 is 0 Å². The fourth-order valence-corrected chi connectivity index (χ4v) is 3.77. The molecule has 0 aromatic heterocycles. The van der Waals surface area contributed by atoms with Gasteiger partial charge in [0.2, 0.25) is 10.0 Å². The second-order valence-corrected chi connectivity index (χ2v) is 7.53. The van der Waals surface area contributed by atoms with Crippen LogP contribution in [-0.4, -0.2) is 61.9 Å². The number of aryl methyl sites for hydroxylation is 1. The maximum Gasteiger partial charge on any atom is 0.320 e. The van der Waals surface area contributed by atoms with Gasteiger partial charge in [0.1, 0.15) is 0 Å². The Morgan fingerprint density at radius 3 is 2.33 bits per heavy atom. The summed E-state index contributed by atoms with van der Waals surface area (Å²) in [5.41, 5.74) is 1.01. The van der Waals surface area contributed by atoms with Crippen LogP contribution in [0.15, 0.2) is 29.2 Å². The van der Waals surface area contributed by atoms with Gasteiger partial charge in [-0.2, -0.15) is 4.31 Å². The van der Waals surface area contributed by atoms with Gasteiger partial charge in [-0.05, 0) is 26.0 Å². The molecule has 1 fully saturated rings. The summed E-state index contributed by atoms with van der Waals surface area (Å²) < 4.78 is 26.6. The van der Waals surface area contributed by atoms with Crippen LogP contribution in [0.4, 0.5) is 4.79 Å². The Kier molecular flexibility index (Phi) is 4.25. The quantitative estimate of drug-likeness (QED) is 0.828. The zero-order valence-electron chi connectivity index (χ0n) is 12.8. The molecule has 1 heterocycles. The Hall–Kier alpha value is -1.60. The molecule has 0 saturated carbocycles. The van der Waals surface area contributed by atoms with Gasteiger partial charge in [0.05, 0.1) is 11.6 Å². The van der Waals surface area contributed by atoms with E-state index < -0.39 is 10.0 Å². The molecule has 0 spiro atoms. The molecule has 0 N–H and O–H groups in total. The van der Waals surface area contributed by atoms with E-state index in [-0.39, 0.29) is 23.6 Å². The van der Waals surface area contributed by atoms with Crippen LogP contribution in [0.3, 0.4) is 0 Å². The predicted octanol–water partition coefficient (Wildman–Crippen LogP) is 1.33. The molecule has 6 nitrogen and oxygen atoms in total. The molecule has 1 aromatic carbocycles. The molecule has 116 valence electrons. The van der Waals surface area contributed by atoms with E-state index in [1.54, 1.807) is 43.3 Å². The van der Waals surface area contributed by atoms with Gasteiger partial charge in [-0.3, -0.25) is 0 Å². The van der Waals surface area contributed by atoms with Gasteiger partial charge in [0.25, 0.3) is 0 Å². The van der Waals surface area contributed by atoms with Gasteiger partial charge in [0, 0.05) is 26.7 Å². The third-order valence-corrected chi connectivity index (χ3v) is 5.41. The third-order valence-electron chi connectivity index (χ3n) is 3.60. The van der Waals surface area contributed by atoms with E-state index in [1.807, 2.05) is 13.8 Å². The van der Waals surface area contributed by atoms with Crippen molar-refractivity contribution >= 4 is 16.1 Å². The number of benzene rings is 1. The first-order valence-electron chi connectivity index (χ1n) is 6.78. The zero-order valence-corrected chi connectivity index (χ0v) is 13.6. The van der Waals surface area contributed by atoms with E-state index in [0.717, 1.165) is 5.56 Å². The normalized spacial score (nSPS) is 19.8. The van der Waals surface area contributed by atoms with Crippen LogP contribution in [0.25, 0.3) is 0 Å². The zero-order chi connectivity index (χ0) is 15.8. The van der Waals surface area contributed by atoms with Gasteiger partial charge in [-0.1, -0.05) is 17.7 Å². The van der Waals surface area contributed by atoms with E-state index in [1.165, 1.54) is 9.21 Å². The Labute approximate surface area is 126 Å². The van der Waals surface area contributed by atoms with E-state index in [9.17, 15) is 13.2 Å². The van der Waals surface area contributed by atoms with Crippen molar-refractivity contribution in [2.45, 2.75) is 24.8 Å². The lowest BCUT2D eigenvalue weighted by atomic mass is 10.2. The van der Waals surface area contributed by atoms with Gasteiger partial charge in [-0.15, -0.1) is 0 Å². The Balaban J connectivity index is 2.23. The van der Waals surface area contributed by atoms with Crippen molar-refractivity contribution in [2.24, 2.45) is 0 Å². The first kappa shape index (κ1) is 15.8. The summed E-state index contributed by atoms with van der Waals surface area (Å²) in [7, 11) is -0.242. The molecule has 1 unspecified atom stereocenters. The van der Waals surface area contributed by atoms with Crippen molar-refractivity contribution in [3.63, 3.8) is 0 Å². The molecule has 0 bridgehead atoms. The lowest BCUT2D eigenvalue weighted by Crippen LogP contribution is -2.42. The van der Waals surface area contributed by atoms with Gasteiger partial charge in [0.15, 0.2) is 0 Å². The van der Waals surface area contributed by atoms with E-state index >= 15 is 0 Å². The van der Waals surface area contributed by atoms with Crippen molar-refractivity contribution in [1.29, 1.82) is 0 Å². The van der Waals surface area contributed by atoms with Crippen molar-refractivity contribution < 1.29 is 13.2 Å². The molecule has 1 saturated heterocycles. The van der Waals surface area contributed by atoms with Crippen LogP contribution >= 0.6 is 0 Å². The summed E-state index contributed by atoms with van der Waals surface area (Å²) in [5.74, 6) is 0. The van der Waals surface area contributed by atoms with Crippen LogP contribution in [0, 0.1) is 6.92 Å². The lowest BCUT2D eigenvalue weighted by Gasteiger charge is -2.24. The number of carbonyl (C=O) groups is 1. The molecule has 1 aliphatic rings. The van der Waals surface area contributed by atoms with Gasteiger partial charge < -0.3 is 9.80 Å². The van der Waals surface area contributed by atoms with E-state index in [4.69, 9.17) is 0 Å². The first-order chi connectivity index (χ1) is 9.73. The summed E-state index contributed by atoms with van der Waals surface area (Å²) >= 11 is 0. The average Bonchev–Trinajstić information content (AvgIpc) is 2.81. The molecule has 1 aromatic rings. The minimum atomic E-state index is -3.56. The highest BCUT2D eigenvalue weighted by molar-refractivity contribution is 7.89. The summed E-state index contributed by atoms with van der Waals surface area (Å²) in [6, 6.07) is 6.44. The SMILES string of the molecule is Cc1ccc(S(=O)(=O)N2CC(C)N(C(=O)N(C)C)C2)cc1. The Morgan fingerprint density at radius 2 is 1.81 bits per heavy atom. The topological polar surface area (TPSA) is 60.9 Å². The van der Waals surface area contributed by atoms with Crippen molar-refractivity contribution in [2.75, 3.05) is 27.3 Å². The minimum Gasteiger partial charge on any atom is -0.331 e. The standard InChI is InChI=1S/C14H21N3O3S/c1-11-5-7-13(8-6-11)21(19,20)16-9-12(2)17(10-16)14(18)15(3)4/h5-8,12H,9-10H2,1-4H3. The maximum absolute atomic E-state index is 12.6. The van der Waals surface area contributed by atoms with Crippen LogP contribution in [-0.2, 0) is 10.0 Å². The van der Waals surface area contributed by atoms with Crippen LogP contribution in [0.2, 0.25) is 0 Å². The van der Waals surface area contributed by atoms with Crippen LogP contribution in [0.1, 0.15) is 12.5 Å². The van der Waals surface area contributed by atoms with E-state index in [0.29, 0.717) is 6.54 Å². The average molecular weight is 311 g/mol. The second-order valence-electron chi connectivity index (χ2n) is 5.59. The molecule has 0 aliphatic carbocycles. The predicted molar refractivity (Wildman–Crippen MR) is 80.3 cm³/mol. The Bertz CT molecular complexity index is 625. The molecule has 0 radical (unpaired) electrons. The number of carbonyl (C=O) groups excluding carboxylic acids is 1. The molecule has 1 atom stereocenters. The highest BCUT2D eigenvalue weighted by Crippen LogP contribution is 2.23. The molecule has 2 rings (SSSR count). The van der Waals surface area contributed by atoms with E-state index in [2.05, 4.69) is 0 Å². The van der Waals surface area contributed by atoms with Gasteiger partial charge in [-0.25, -0.2) is 13.2 Å². The number of sulfonamides is 1. The highest BCUT2D eigenvalue weighted by atomic mass is 32.2. The molecule has 7 heteroatoms. The molecule has 1 aliphatic heterocycles. The second kappa shape index (κ2) is 5.65. The number of hydrogen-bond acceptors (Lipinski definition) is 3. The first-order valence-corrected chi connectivity index (χ1v) is 8.22. The molecule has 21 heavy (non-hydrogen) atoms. The van der Waals surface area contributed by atoms with Crippen molar-refractivity contribution in [1.82, 2.24) is 14.1 Å². The fourth-order valence-electron chi connectivity index (χ4n) is 2.30. The number of amides is 2. The molecular weight excluding hydrogens is 290 g/mol. The largest absolute Gasteiger partial charge is 0.331 e. The molecular formula is C14H21N3O3S. The highest BCUT2D eigenvalue weighted by Gasteiger charge is 2.38. The van der Waals surface area contributed by atoms with Crippen LogP contribution in [0.5, 0.6) is 0 Å². The molecule has 2 amide bonds. The van der Waals surface area contributed by atoms with Gasteiger partial charge >= 0.3 is 6.03 Å². The smallest absolute Gasteiger partial charge is 0.320 e. The number of hydrogen-bond donors (Lipinski definition) is 0. The third kappa shape index (κ3) is 3.03. The van der Waals surface area contributed by atoms with Crippen molar-refractivity contribution in [3.8, 4) is 0 Å². The maximum atomic E-state index is 12.6. The number of nitrogens with zero attached hydrogens (tertiary/aromatic N) is 3. The fraction of sp³-hybridized carbons (Fsp3) is 0.500. The lowest BCUT2D eigenvalue weighted by molar-refractivity contribution is 0.167. The van der Waals surface area contributed by atoms with Crippen molar-refractivity contribution in [3.05, 3.63) is 29.8 Å². The number of rotatable bonds is 2. The monoisotopic (exact) mass is 311 g/mol.